The molecule has 2 rings (SSSR count). The van der Waals surface area contributed by atoms with Crippen molar-refractivity contribution in [3.63, 3.8) is 0 Å². The quantitative estimate of drug-likeness (QED) is 0.698. The molecule has 0 atom stereocenters. The highest BCUT2D eigenvalue weighted by atomic mass is 127. The van der Waals surface area contributed by atoms with Crippen LogP contribution in [0.25, 0.3) is 5.69 Å². The molecule has 3 nitrogen and oxygen atoms in total. The van der Waals surface area contributed by atoms with Gasteiger partial charge in [-0.25, -0.2) is 4.98 Å². The highest BCUT2D eigenvalue weighted by molar-refractivity contribution is 14.1. The third-order valence-electron chi connectivity index (χ3n) is 2.57. The van der Waals surface area contributed by atoms with Crippen LogP contribution in [-0.4, -0.2) is 15.6 Å². The van der Waals surface area contributed by atoms with E-state index < -0.39 is 0 Å². The van der Waals surface area contributed by atoms with Gasteiger partial charge in [0.1, 0.15) is 13.7 Å². The Morgan fingerprint density at radius 3 is 2.72 bits per heavy atom. The third-order valence-corrected chi connectivity index (χ3v) is 5.42. The molecule has 96 valence electrons. The number of hydrogen-bond acceptors (Lipinski definition) is 2. The molecule has 0 unspecified atom stereocenters. The fraction of sp³-hybridized carbons (Fsp3) is 0.308. The lowest BCUT2D eigenvalue weighted by atomic mass is 10.2. The van der Waals surface area contributed by atoms with Gasteiger partial charge in [-0.3, -0.25) is 4.57 Å². The highest BCUT2D eigenvalue weighted by Gasteiger charge is 2.07. The molecule has 5 heteroatoms. The minimum absolute atomic E-state index is 0.503. The van der Waals surface area contributed by atoms with Gasteiger partial charge < -0.3 is 5.32 Å². The van der Waals surface area contributed by atoms with Crippen LogP contribution in [-0.2, 0) is 6.54 Å². The van der Waals surface area contributed by atoms with Crippen molar-refractivity contribution in [1.29, 1.82) is 0 Å². The molecule has 0 radical (unpaired) electrons. The maximum Gasteiger partial charge on any atom is 0.133 e. The Hall–Kier alpha value is -0.150. The summed E-state index contributed by atoms with van der Waals surface area (Å²) in [6.07, 6.45) is 1.87. The average molecular weight is 467 g/mol. The molecular weight excluding hydrogens is 452 g/mol. The average Bonchev–Trinajstić information content (AvgIpc) is 2.68. The molecule has 0 fully saturated rings. The topological polar surface area (TPSA) is 29.9 Å². The van der Waals surface area contributed by atoms with Crippen molar-refractivity contribution in [2.24, 2.45) is 0 Å². The van der Waals surface area contributed by atoms with Crippen LogP contribution in [0.3, 0.4) is 0 Å². The van der Waals surface area contributed by atoms with Gasteiger partial charge in [0.05, 0.1) is 0 Å². The monoisotopic (exact) mass is 467 g/mol. The number of nitrogens with one attached hydrogen (secondary N) is 1. The minimum Gasteiger partial charge on any atom is -0.310 e. The van der Waals surface area contributed by atoms with E-state index in [-0.39, 0.29) is 0 Å². The van der Waals surface area contributed by atoms with E-state index >= 15 is 0 Å². The maximum atomic E-state index is 4.32. The summed E-state index contributed by atoms with van der Waals surface area (Å²) in [7, 11) is 0. The fourth-order valence-corrected chi connectivity index (χ4v) is 2.56. The van der Waals surface area contributed by atoms with E-state index in [0.29, 0.717) is 6.04 Å². The standard InChI is InChI=1S/C13H15I2N3/c1-9(2)16-7-10-4-3-5-11(6-10)18-8-17-12(14)13(18)15/h3-6,8-9,16H,7H2,1-2H3. The van der Waals surface area contributed by atoms with E-state index in [9.17, 15) is 0 Å². The van der Waals surface area contributed by atoms with Crippen molar-refractivity contribution in [3.05, 3.63) is 43.6 Å². The van der Waals surface area contributed by atoms with Crippen LogP contribution in [0.15, 0.2) is 30.6 Å². The molecule has 0 saturated carbocycles. The molecule has 18 heavy (non-hydrogen) atoms. The summed E-state index contributed by atoms with van der Waals surface area (Å²) in [5.74, 6) is 0. The SMILES string of the molecule is CC(C)NCc1cccc(-n2cnc(I)c2I)c1. The third kappa shape index (κ3) is 3.45. The highest BCUT2D eigenvalue weighted by Crippen LogP contribution is 2.19. The van der Waals surface area contributed by atoms with Crippen molar-refractivity contribution in [3.8, 4) is 5.69 Å². The molecule has 0 aliphatic rings. The lowest BCUT2D eigenvalue weighted by Crippen LogP contribution is -2.21. The number of hydrogen-bond donors (Lipinski definition) is 1. The van der Waals surface area contributed by atoms with Crippen molar-refractivity contribution < 1.29 is 0 Å². The lowest BCUT2D eigenvalue weighted by molar-refractivity contribution is 0.588. The van der Waals surface area contributed by atoms with Crippen LogP contribution in [0.5, 0.6) is 0 Å². The van der Waals surface area contributed by atoms with Crippen LogP contribution in [0.2, 0.25) is 0 Å². The fourth-order valence-electron chi connectivity index (χ4n) is 1.63. The zero-order chi connectivity index (χ0) is 13.1. The van der Waals surface area contributed by atoms with Crippen LogP contribution in [0.4, 0.5) is 0 Å². The lowest BCUT2D eigenvalue weighted by Gasteiger charge is -2.10. The van der Waals surface area contributed by atoms with Gasteiger partial charge in [0.15, 0.2) is 0 Å². The van der Waals surface area contributed by atoms with E-state index in [0.717, 1.165) is 19.6 Å². The Bertz CT molecular complexity index is 535. The Morgan fingerprint density at radius 1 is 1.33 bits per heavy atom. The van der Waals surface area contributed by atoms with Crippen LogP contribution in [0, 0.1) is 7.40 Å². The summed E-state index contributed by atoms with van der Waals surface area (Å²) >= 11 is 4.58. The number of aromatic nitrogens is 2. The van der Waals surface area contributed by atoms with Gasteiger partial charge in [-0.2, -0.15) is 0 Å². The van der Waals surface area contributed by atoms with E-state index in [4.69, 9.17) is 0 Å². The summed E-state index contributed by atoms with van der Waals surface area (Å²) in [6.45, 7) is 5.21. The summed E-state index contributed by atoms with van der Waals surface area (Å²) in [6, 6.07) is 9.06. The Morgan fingerprint density at radius 2 is 2.11 bits per heavy atom. The first-order valence-electron chi connectivity index (χ1n) is 5.79. The first-order chi connectivity index (χ1) is 8.58. The van der Waals surface area contributed by atoms with Gasteiger partial charge >= 0.3 is 0 Å². The molecule has 0 bridgehead atoms. The molecule has 0 amide bonds. The molecule has 1 aromatic carbocycles. The predicted octanol–water partition coefficient (Wildman–Crippen LogP) is 3.58. The maximum absolute atomic E-state index is 4.32. The molecule has 0 aliphatic carbocycles. The minimum atomic E-state index is 0.503. The molecule has 1 heterocycles. The second kappa shape index (κ2) is 6.33. The van der Waals surface area contributed by atoms with Crippen molar-refractivity contribution >= 4 is 45.2 Å². The molecule has 0 spiro atoms. The largest absolute Gasteiger partial charge is 0.310 e. The van der Waals surface area contributed by atoms with Crippen LogP contribution < -0.4 is 5.32 Å². The van der Waals surface area contributed by atoms with E-state index in [1.54, 1.807) is 0 Å². The van der Waals surface area contributed by atoms with E-state index in [2.05, 4.69) is 98.2 Å². The molecular formula is C13H15I2N3. The molecule has 0 aliphatic heterocycles. The first kappa shape index (κ1) is 14.3. The first-order valence-corrected chi connectivity index (χ1v) is 7.94. The van der Waals surface area contributed by atoms with Gasteiger partial charge in [-0.05, 0) is 62.9 Å². The van der Waals surface area contributed by atoms with Crippen molar-refractivity contribution in [2.45, 2.75) is 26.4 Å². The molecule has 2 aromatic rings. The second-order valence-corrected chi connectivity index (χ2v) is 6.45. The van der Waals surface area contributed by atoms with Crippen LogP contribution >= 0.6 is 45.2 Å². The zero-order valence-corrected chi connectivity index (χ0v) is 14.6. The molecule has 1 aromatic heterocycles. The number of imidazole rings is 1. The van der Waals surface area contributed by atoms with Crippen molar-refractivity contribution in [1.82, 2.24) is 14.9 Å². The number of halogens is 2. The van der Waals surface area contributed by atoms with Gasteiger partial charge in [0.2, 0.25) is 0 Å². The summed E-state index contributed by atoms with van der Waals surface area (Å²) in [4.78, 5) is 4.32. The molecule has 1 N–H and O–H groups in total. The summed E-state index contributed by atoms with van der Waals surface area (Å²) < 4.78 is 4.31. The molecule has 0 saturated heterocycles. The smallest absolute Gasteiger partial charge is 0.133 e. The van der Waals surface area contributed by atoms with Gasteiger partial charge in [0.25, 0.3) is 0 Å². The van der Waals surface area contributed by atoms with E-state index in [1.807, 2.05) is 6.33 Å². The van der Waals surface area contributed by atoms with Crippen molar-refractivity contribution in [2.75, 3.05) is 0 Å². The van der Waals surface area contributed by atoms with Gasteiger partial charge in [-0.1, -0.05) is 26.0 Å². The number of benzene rings is 1. The van der Waals surface area contributed by atoms with E-state index in [1.165, 1.54) is 5.56 Å². The predicted molar refractivity (Wildman–Crippen MR) is 91.0 cm³/mol. The van der Waals surface area contributed by atoms with Gasteiger partial charge in [0, 0.05) is 18.3 Å². The normalized spacial score (nSPS) is 11.2. The Balaban J connectivity index is 2.24. The Kier molecular flexibility index (Phi) is 5.02. The van der Waals surface area contributed by atoms with Gasteiger partial charge in [-0.15, -0.1) is 0 Å². The van der Waals surface area contributed by atoms with Crippen LogP contribution in [0.1, 0.15) is 19.4 Å². The summed E-state index contributed by atoms with van der Waals surface area (Å²) in [5.41, 5.74) is 2.46. The Labute approximate surface area is 135 Å². The summed E-state index contributed by atoms with van der Waals surface area (Å²) in [5, 5.41) is 3.43. The number of rotatable bonds is 4. The second-order valence-electron chi connectivity index (χ2n) is 4.40. The zero-order valence-electron chi connectivity index (χ0n) is 10.3. The number of nitrogens with zero attached hydrogens (tertiary/aromatic N) is 2.